The number of nitrogens with one attached hydrogen (secondary N) is 1. The summed E-state index contributed by atoms with van der Waals surface area (Å²) in [6.07, 6.45) is 9.55. The summed E-state index contributed by atoms with van der Waals surface area (Å²) in [6, 6.07) is 8.71. The lowest BCUT2D eigenvalue weighted by atomic mass is 9.88. The molecule has 0 fully saturated rings. The molecule has 6 heteroatoms. The number of aliphatic hydroxyl groups excluding tert-OH is 1. The third-order valence-electron chi connectivity index (χ3n) is 7.06. The minimum Gasteiger partial charge on any atom is -0.481 e. The van der Waals surface area contributed by atoms with Crippen molar-refractivity contribution in [1.82, 2.24) is 5.32 Å². The van der Waals surface area contributed by atoms with Gasteiger partial charge in [0.05, 0.1) is 24.2 Å². The molecule has 0 radical (unpaired) electrons. The normalized spacial score (nSPS) is 20.2. The maximum absolute atomic E-state index is 11.1. The molecule has 0 saturated heterocycles. The number of fused-ring (bicyclic) bond motifs is 1. The molecule has 3 N–H and O–H groups in total. The zero-order valence-corrected chi connectivity index (χ0v) is 22.2. The second-order valence-corrected chi connectivity index (χ2v) is 11.3. The molecule has 194 valence electrons. The first-order chi connectivity index (χ1) is 16.7. The Hall–Kier alpha value is -1.66. The lowest BCUT2D eigenvalue weighted by Gasteiger charge is -2.31. The van der Waals surface area contributed by atoms with E-state index in [2.05, 4.69) is 56.4 Å². The number of aliphatic carboxylic acids is 1. The van der Waals surface area contributed by atoms with E-state index in [1.54, 1.807) is 0 Å². The minimum absolute atomic E-state index is 0.0688. The highest BCUT2D eigenvalue weighted by molar-refractivity contribution is 6.22. The van der Waals surface area contributed by atoms with E-state index in [1.807, 2.05) is 6.08 Å². The van der Waals surface area contributed by atoms with E-state index in [0.717, 1.165) is 43.3 Å². The zero-order valence-electron chi connectivity index (χ0n) is 21.4. The zero-order chi connectivity index (χ0) is 25.4. The summed E-state index contributed by atoms with van der Waals surface area (Å²) in [5.74, 6) is -0.197. The molecule has 0 aliphatic heterocycles. The number of allylic oxidation sites excluding steroid dienone is 2. The van der Waals surface area contributed by atoms with Gasteiger partial charge in [0.25, 0.3) is 0 Å². The van der Waals surface area contributed by atoms with Crippen LogP contribution in [0.2, 0.25) is 0 Å². The number of hydrogen-bond donors (Lipinski definition) is 3. The van der Waals surface area contributed by atoms with E-state index in [1.165, 1.54) is 11.1 Å². The second-order valence-electron chi connectivity index (χ2n) is 10.8. The van der Waals surface area contributed by atoms with Crippen molar-refractivity contribution in [2.45, 2.75) is 95.3 Å². The van der Waals surface area contributed by atoms with Crippen LogP contribution in [0.25, 0.3) is 0 Å². The molecule has 0 aromatic heterocycles. The van der Waals surface area contributed by atoms with E-state index in [-0.39, 0.29) is 30.0 Å². The highest BCUT2D eigenvalue weighted by atomic mass is 35.5. The van der Waals surface area contributed by atoms with Crippen molar-refractivity contribution in [1.29, 1.82) is 0 Å². The average Bonchev–Trinajstić information content (AvgIpc) is 3.21. The van der Waals surface area contributed by atoms with E-state index in [9.17, 15) is 9.90 Å². The van der Waals surface area contributed by atoms with Crippen LogP contribution in [0.15, 0.2) is 47.6 Å². The molecule has 5 nitrogen and oxygen atoms in total. The molecule has 1 aromatic carbocycles. The number of alkyl halides is 1. The molecule has 3 atom stereocenters. The monoisotopic (exact) mass is 503 g/mol. The van der Waals surface area contributed by atoms with Gasteiger partial charge in [0.15, 0.2) is 0 Å². The van der Waals surface area contributed by atoms with Gasteiger partial charge in [-0.15, -0.1) is 11.6 Å². The average molecular weight is 504 g/mol. The fourth-order valence-electron chi connectivity index (χ4n) is 5.42. The molecule has 2 aliphatic rings. The third kappa shape index (κ3) is 8.75. The van der Waals surface area contributed by atoms with Crippen molar-refractivity contribution in [3.05, 3.63) is 58.7 Å². The molecule has 1 aromatic rings. The van der Waals surface area contributed by atoms with Gasteiger partial charge in [0.1, 0.15) is 0 Å². The number of aliphatic hydroxyl groups is 1. The maximum atomic E-state index is 11.1. The highest BCUT2D eigenvalue weighted by Crippen LogP contribution is 2.33. The molecule has 0 unspecified atom stereocenters. The van der Waals surface area contributed by atoms with Crippen molar-refractivity contribution in [3.8, 4) is 0 Å². The maximum Gasteiger partial charge on any atom is 0.303 e. The number of ether oxygens (including phenoxy) is 1. The van der Waals surface area contributed by atoms with Crippen molar-refractivity contribution >= 4 is 17.6 Å². The Bertz CT molecular complexity index is 885. The van der Waals surface area contributed by atoms with Gasteiger partial charge in [-0.3, -0.25) is 4.79 Å². The van der Waals surface area contributed by atoms with Crippen molar-refractivity contribution in [2.75, 3.05) is 13.2 Å². The summed E-state index contributed by atoms with van der Waals surface area (Å²) in [5.41, 5.74) is 4.86. The van der Waals surface area contributed by atoms with Gasteiger partial charge in [-0.1, -0.05) is 49.8 Å². The Morgan fingerprint density at radius 1 is 1.26 bits per heavy atom. The summed E-state index contributed by atoms with van der Waals surface area (Å²) in [5, 5.41) is 23.3. The lowest BCUT2D eigenvalue weighted by molar-refractivity contribution is -0.136. The Kier molecular flexibility index (Phi) is 10.4. The van der Waals surface area contributed by atoms with Crippen molar-refractivity contribution < 1.29 is 19.7 Å². The van der Waals surface area contributed by atoms with Crippen molar-refractivity contribution in [2.24, 2.45) is 5.92 Å². The molecule has 0 amide bonds. The first-order valence-electron chi connectivity index (χ1n) is 13.0. The standard InChI is InChI=1S/C29H42ClNO4/c1-4-7-27(26-12-11-24(30)16-23(26)10-13-28(33)34)35-19-25(32)18-31-29(2,3)17-20-14-21-8-5-6-9-22(21)15-20/h5-6,8-9,12,16,20,24-25,27,31-32H,4,7,10-11,13-15,17-19H2,1-3H3,(H,33,34)/t24-,25-,27-/m1/s1. The Morgan fingerprint density at radius 2 is 1.94 bits per heavy atom. The number of hydrogen-bond acceptors (Lipinski definition) is 4. The number of halogens is 1. The number of benzene rings is 1. The SMILES string of the molecule is CCC[C@@H](OC[C@H](O)CNC(C)(C)CC1Cc2ccccc2C1)C1=CC[C@@H](Cl)C=C1CCC(=O)O. The first kappa shape index (κ1) is 27.9. The fourth-order valence-corrected chi connectivity index (χ4v) is 5.66. The van der Waals surface area contributed by atoms with Crippen LogP contribution >= 0.6 is 11.6 Å². The van der Waals surface area contributed by atoms with E-state index < -0.39 is 12.1 Å². The van der Waals surface area contributed by atoms with Gasteiger partial charge in [-0.2, -0.15) is 0 Å². The largest absolute Gasteiger partial charge is 0.481 e. The molecule has 3 rings (SSSR count). The Labute approximate surface area is 215 Å². The highest BCUT2D eigenvalue weighted by Gasteiger charge is 2.29. The second kappa shape index (κ2) is 13.0. The molecular weight excluding hydrogens is 462 g/mol. The van der Waals surface area contributed by atoms with E-state index in [0.29, 0.717) is 25.3 Å². The summed E-state index contributed by atoms with van der Waals surface area (Å²) in [6.45, 7) is 7.22. The molecule has 2 aliphatic carbocycles. The predicted molar refractivity (Wildman–Crippen MR) is 142 cm³/mol. The molecule has 35 heavy (non-hydrogen) atoms. The van der Waals surface area contributed by atoms with Gasteiger partial charge < -0.3 is 20.3 Å². The van der Waals surface area contributed by atoms with Crippen molar-refractivity contribution in [3.63, 3.8) is 0 Å². The fraction of sp³-hybridized carbons (Fsp3) is 0.621. The van der Waals surface area contributed by atoms with Gasteiger partial charge >= 0.3 is 5.97 Å². The predicted octanol–water partition coefficient (Wildman–Crippen LogP) is 5.43. The quantitative estimate of drug-likeness (QED) is 0.295. The number of carboxylic acid groups (broad SMARTS) is 1. The number of β-amino-alcohol motifs (C(OH)–C–C–N with tert-alkyl or cyclic N) is 1. The van der Waals surface area contributed by atoms with Crippen LogP contribution in [0.1, 0.15) is 70.4 Å². The summed E-state index contributed by atoms with van der Waals surface area (Å²) in [4.78, 5) is 11.1. The van der Waals surface area contributed by atoms with Crippen LogP contribution in [0.3, 0.4) is 0 Å². The number of carboxylic acids is 1. The van der Waals surface area contributed by atoms with Crippen LogP contribution in [0.5, 0.6) is 0 Å². The van der Waals surface area contributed by atoms with Gasteiger partial charge in [0.2, 0.25) is 0 Å². The summed E-state index contributed by atoms with van der Waals surface area (Å²) < 4.78 is 6.21. The van der Waals surface area contributed by atoms with Crippen LogP contribution < -0.4 is 5.32 Å². The van der Waals surface area contributed by atoms with Crippen LogP contribution in [0, 0.1) is 5.92 Å². The van der Waals surface area contributed by atoms with Crippen LogP contribution in [-0.4, -0.2) is 52.5 Å². The summed E-state index contributed by atoms with van der Waals surface area (Å²) in [7, 11) is 0. The molecule has 0 bridgehead atoms. The topological polar surface area (TPSA) is 78.8 Å². The van der Waals surface area contributed by atoms with Gasteiger partial charge in [-0.05, 0) is 80.6 Å². The molecule has 0 heterocycles. The summed E-state index contributed by atoms with van der Waals surface area (Å²) >= 11 is 6.31. The number of carbonyl (C=O) groups is 1. The first-order valence-corrected chi connectivity index (χ1v) is 13.5. The van der Waals surface area contributed by atoms with E-state index in [4.69, 9.17) is 21.4 Å². The molecular formula is C29H42ClNO4. The minimum atomic E-state index is -0.819. The number of rotatable bonds is 14. The Balaban J connectivity index is 1.48. The lowest BCUT2D eigenvalue weighted by Crippen LogP contribution is -2.46. The smallest absolute Gasteiger partial charge is 0.303 e. The van der Waals surface area contributed by atoms with Gasteiger partial charge in [0, 0.05) is 18.5 Å². The Morgan fingerprint density at radius 3 is 2.57 bits per heavy atom. The van der Waals surface area contributed by atoms with Crippen LogP contribution in [-0.2, 0) is 22.4 Å². The molecule has 0 spiro atoms. The third-order valence-corrected chi connectivity index (χ3v) is 7.37. The van der Waals surface area contributed by atoms with Gasteiger partial charge in [-0.25, -0.2) is 0 Å². The van der Waals surface area contributed by atoms with Crippen LogP contribution in [0.4, 0.5) is 0 Å². The van der Waals surface area contributed by atoms with E-state index >= 15 is 0 Å². The molecule has 0 saturated carbocycles.